The van der Waals surface area contributed by atoms with Crippen molar-refractivity contribution in [2.45, 2.75) is 45.7 Å². The molecule has 0 aliphatic heterocycles. The fraction of sp³-hybridized carbons (Fsp3) is 1.00. The van der Waals surface area contributed by atoms with Crippen LogP contribution in [-0.4, -0.2) is 42.6 Å². The van der Waals surface area contributed by atoms with E-state index < -0.39 is 0 Å². The molecule has 0 amide bonds. The SMILES string of the molecule is CSCCC(C)N(C)CCC(N)C(C)C. The normalized spacial score (nSPS) is 16.0. The zero-order valence-electron chi connectivity index (χ0n) is 11.0. The summed E-state index contributed by atoms with van der Waals surface area (Å²) in [6.07, 6.45) is 4.55. The summed E-state index contributed by atoms with van der Waals surface area (Å²) >= 11 is 1.93. The van der Waals surface area contributed by atoms with Gasteiger partial charge in [-0.2, -0.15) is 11.8 Å². The van der Waals surface area contributed by atoms with E-state index in [1.54, 1.807) is 0 Å². The predicted octanol–water partition coefficient (Wildman–Crippen LogP) is 2.43. The molecule has 0 aliphatic carbocycles. The average molecular weight is 232 g/mol. The van der Waals surface area contributed by atoms with Gasteiger partial charge in [-0.3, -0.25) is 0 Å². The van der Waals surface area contributed by atoms with Gasteiger partial charge in [0.2, 0.25) is 0 Å². The minimum absolute atomic E-state index is 0.347. The molecule has 15 heavy (non-hydrogen) atoms. The Morgan fingerprint density at radius 2 is 1.80 bits per heavy atom. The highest BCUT2D eigenvalue weighted by Gasteiger charge is 2.12. The first-order valence-corrected chi connectivity index (χ1v) is 7.33. The van der Waals surface area contributed by atoms with Gasteiger partial charge in [0.1, 0.15) is 0 Å². The van der Waals surface area contributed by atoms with E-state index >= 15 is 0 Å². The summed E-state index contributed by atoms with van der Waals surface area (Å²) in [7, 11) is 2.21. The Hall–Kier alpha value is 0.270. The van der Waals surface area contributed by atoms with Crippen molar-refractivity contribution in [1.29, 1.82) is 0 Å². The lowest BCUT2D eigenvalue weighted by atomic mass is 10.0. The van der Waals surface area contributed by atoms with Gasteiger partial charge in [-0.1, -0.05) is 13.8 Å². The quantitative estimate of drug-likeness (QED) is 0.697. The fourth-order valence-electron chi connectivity index (χ4n) is 1.42. The molecule has 0 rings (SSSR count). The Bertz CT molecular complexity index is 151. The summed E-state index contributed by atoms with van der Waals surface area (Å²) in [5, 5.41) is 0. The molecule has 0 radical (unpaired) electrons. The van der Waals surface area contributed by atoms with Crippen LogP contribution in [0.4, 0.5) is 0 Å². The molecular formula is C12H28N2S. The molecule has 2 N–H and O–H groups in total. The zero-order valence-corrected chi connectivity index (χ0v) is 11.8. The smallest absolute Gasteiger partial charge is 0.00740 e. The molecule has 0 spiro atoms. The van der Waals surface area contributed by atoms with Gasteiger partial charge in [-0.25, -0.2) is 0 Å². The summed E-state index contributed by atoms with van der Waals surface area (Å²) in [5.41, 5.74) is 6.03. The molecule has 0 heterocycles. The molecule has 2 atom stereocenters. The van der Waals surface area contributed by atoms with E-state index in [1.165, 1.54) is 12.2 Å². The third kappa shape index (κ3) is 7.20. The monoisotopic (exact) mass is 232 g/mol. The average Bonchev–Trinajstić information content (AvgIpc) is 2.21. The maximum absolute atomic E-state index is 6.03. The predicted molar refractivity (Wildman–Crippen MR) is 72.5 cm³/mol. The van der Waals surface area contributed by atoms with Crippen LogP contribution in [-0.2, 0) is 0 Å². The van der Waals surface area contributed by atoms with E-state index in [1.807, 2.05) is 11.8 Å². The number of thioether (sulfide) groups is 1. The molecule has 0 bridgehead atoms. The summed E-state index contributed by atoms with van der Waals surface area (Å²) in [6, 6.07) is 1.03. The highest BCUT2D eigenvalue weighted by Crippen LogP contribution is 2.09. The van der Waals surface area contributed by atoms with Crippen LogP contribution in [0.2, 0.25) is 0 Å². The molecule has 3 heteroatoms. The highest BCUT2D eigenvalue weighted by atomic mass is 32.2. The lowest BCUT2D eigenvalue weighted by Crippen LogP contribution is -2.36. The van der Waals surface area contributed by atoms with Crippen molar-refractivity contribution in [1.82, 2.24) is 4.90 Å². The van der Waals surface area contributed by atoms with Gasteiger partial charge < -0.3 is 10.6 Å². The first-order valence-electron chi connectivity index (χ1n) is 5.93. The van der Waals surface area contributed by atoms with Gasteiger partial charge >= 0.3 is 0 Å². The second kappa shape index (κ2) is 8.43. The fourth-order valence-corrected chi connectivity index (χ4v) is 1.99. The van der Waals surface area contributed by atoms with Crippen molar-refractivity contribution < 1.29 is 0 Å². The second-order valence-electron chi connectivity index (χ2n) is 4.81. The van der Waals surface area contributed by atoms with E-state index in [0.717, 1.165) is 13.0 Å². The topological polar surface area (TPSA) is 29.3 Å². The summed E-state index contributed by atoms with van der Waals surface area (Å²) in [5.74, 6) is 1.85. The zero-order chi connectivity index (χ0) is 11.8. The van der Waals surface area contributed by atoms with Crippen molar-refractivity contribution in [2.75, 3.05) is 25.6 Å². The van der Waals surface area contributed by atoms with Crippen LogP contribution in [0, 0.1) is 5.92 Å². The second-order valence-corrected chi connectivity index (χ2v) is 5.79. The van der Waals surface area contributed by atoms with Gasteiger partial charge in [0.05, 0.1) is 0 Å². The molecule has 0 aliphatic rings. The van der Waals surface area contributed by atoms with E-state index in [-0.39, 0.29) is 0 Å². The summed E-state index contributed by atoms with van der Waals surface area (Å²) in [6.45, 7) is 7.82. The van der Waals surface area contributed by atoms with Gasteiger partial charge in [0.15, 0.2) is 0 Å². The van der Waals surface area contributed by atoms with Crippen LogP contribution in [0.15, 0.2) is 0 Å². The molecule has 0 fully saturated rings. The van der Waals surface area contributed by atoms with E-state index in [0.29, 0.717) is 18.0 Å². The number of rotatable bonds is 8. The number of hydrogen-bond acceptors (Lipinski definition) is 3. The standard InChI is InChI=1S/C12H28N2S/c1-10(2)12(13)6-8-14(4)11(3)7-9-15-5/h10-12H,6-9,13H2,1-5H3. The Labute approximate surface area is 100.0 Å². The van der Waals surface area contributed by atoms with Crippen molar-refractivity contribution in [3.63, 3.8) is 0 Å². The van der Waals surface area contributed by atoms with E-state index in [9.17, 15) is 0 Å². The van der Waals surface area contributed by atoms with Crippen LogP contribution >= 0.6 is 11.8 Å². The van der Waals surface area contributed by atoms with E-state index in [2.05, 4.69) is 39.0 Å². The summed E-state index contributed by atoms with van der Waals surface area (Å²) in [4.78, 5) is 2.43. The van der Waals surface area contributed by atoms with Gasteiger partial charge in [-0.05, 0) is 51.3 Å². The lowest BCUT2D eigenvalue weighted by molar-refractivity contribution is 0.237. The number of nitrogens with zero attached hydrogens (tertiary/aromatic N) is 1. The minimum Gasteiger partial charge on any atom is -0.327 e. The molecule has 2 unspecified atom stereocenters. The van der Waals surface area contributed by atoms with Crippen LogP contribution in [0.25, 0.3) is 0 Å². The van der Waals surface area contributed by atoms with Gasteiger partial charge in [0.25, 0.3) is 0 Å². The lowest BCUT2D eigenvalue weighted by Gasteiger charge is -2.26. The number of nitrogens with two attached hydrogens (primary N) is 1. The third-order valence-corrected chi connectivity index (χ3v) is 3.81. The minimum atomic E-state index is 0.347. The van der Waals surface area contributed by atoms with Crippen LogP contribution in [0.1, 0.15) is 33.6 Å². The van der Waals surface area contributed by atoms with Gasteiger partial charge in [0, 0.05) is 12.1 Å². The molecular weight excluding hydrogens is 204 g/mol. The first kappa shape index (κ1) is 15.3. The van der Waals surface area contributed by atoms with Crippen molar-refractivity contribution in [2.24, 2.45) is 11.7 Å². The Morgan fingerprint density at radius 3 is 2.27 bits per heavy atom. The van der Waals surface area contributed by atoms with Crippen molar-refractivity contribution in [3.05, 3.63) is 0 Å². The van der Waals surface area contributed by atoms with Crippen LogP contribution in [0.5, 0.6) is 0 Å². The molecule has 0 aromatic carbocycles. The maximum Gasteiger partial charge on any atom is 0.00740 e. The molecule has 0 aromatic rings. The van der Waals surface area contributed by atoms with Crippen molar-refractivity contribution in [3.8, 4) is 0 Å². The maximum atomic E-state index is 6.03. The Kier molecular flexibility index (Phi) is 8.58. The van der Waals surface area contributed by atoms with E-state index in [4.69, 9.17) is 5.73 Å². The van der Waals surface area contributed by atoms with Gasteiger partial charge in [-0.15, -0.1) is 0 Å². The van der Waals surface area contributed by atoms with Crippen molar-refractivity contribution >= 4 is 11.8 Å². The van der Waals surface area contributed by atoms with Crippen LogP contribution < -0.4 is 5.73 Å². The molecule has 0 aromatic heterocycles. The Morgan fingerprint density at radius 1 is 1.20 bits per heavy atom. The molecule has 0 saturated carbocycles. The largest absolute Gasteiger partial charge is 0.327 e. The molecule has 92 valence electrons. The third-order valence-electron chi connectivity index (χ3n) is 3.16. The number of hydrogen-bond donors (Lipinski definition) is 1. The Balaban J connectivity index is 3.67. The summed E-state index contributed by atoms with van der Waals surface area (Å²) < 4.78 is 0. The highest BCUT2D eigenvalue weighted by molar-refractivity contribution is 7.98. The first-order chi connectivity index (χ1) is 6.99. The molecule has 0 saturated heterocycles. The van der Waals surface area contributed by atoms with Crippen LogP contribution in [0.3, 0.4) is 0 Å². The molecule has 2 nitrogen and oxygen atoms in total.